The SMILES string of the molecule is CCC1(Cl)C(Cn2cccn2)OC(=O)C1(c1ccccc1)c1ccccc1. The van der Waals surface area contributed by atoms with E-state index in [-0.39, 0.29) is 5.97 Å². The maximum Gasteiger partial charge on any atom is 0.323 e. The highest BCUT2D eigenvalue weighted by atomic mass is 35.5. The molecule has 138 valence electrons. The van der Waals surface area contributed by atoms with Crippen molar-refractivity contribution in [2.24, 2.45) is 0 Å². The zero-order valence-electron chi connectivity index (χ0n) is 15.1. The summed E-state index contributed by atoms with van der Waals surface area (Å²) in [6.45, 7) is 2.42. The Morgan fingerprint density at radius 2 is 1.63 bits per heavy atom. The Balaban J connectivity index is 1.93. The molecule has 3 aromatic rings. The Morgan fingerprint density at radius 3 is 2.11 bits per heavy atom. The standard InChI is InChI=1S/C22H21ClN2O2/c1-2-21(23)19(16-25-15-9-14-24-25)27-20(26)22(21,17-10-5-3-6-11-17)18-12-7-4-8-13-18/h3-15,19H,2,16H2,1H3. The predicted octanol–water partition coefficient (Wildman–Crippen LogP) is 4.18. The molecule has 0 spiro atoms. The molecule has 4 rings (SSSR count). The molecule has 1 fully saturated rings. The van der Waals surface area contributed by atoms with Crippen LogP contribution in [-0.2, 0) is 21.5 Å². The summed E-state index contributed by atoms with van der Waals surface area (Å²) in [4.78, 5) is 12.5. The molecule has 4 nitrogen and oxygen atoms in total. The van der Waals surface area contributed by atoms with E-state index in [1.54, 1.807) is 10.9 Å². The lowest BCUT2D eigenvalue weighted by atomic mass is 9.64. The minimum Gasteiger partial charge on any atom is -0.457 e. The highest BCUT2D eigenvalue weighted by Gasteiger charge is 2.68. The number of alkyl halides is 1. The van der Waals surface area contributed by atoms with Gasteiger partial charge in [-0.1, -0.05) is 67.6 Å². The van der Waals surface area contributed by atoms with Crippen LogP contribution >= 0.6 is 11.6 Å². The van der Waals surface area contributed by atoms with E-state index in [1.165, 1.54) is 0 Å². The number of cyclic esters (lactones) is 1. The molecule has 27 heavy (non-hydrogen) atoms. The molecular weight excluding hydrogens is 360 g/mol. The molecule has 1 aliphatic rings. The fourth-order valence-electron chi connectivity index (χ4n) is 4.23. The number of benzene rings is 2. The second-order valence-corrected chi connectivity index (χ2v) is 7.49. The van der Waals surface area contributed by atoms with Crippen LogP contribution in [0.4, 0.5) is 0 Å². The number of nitrogens with zero attached hydrogens (tertiary/aromatic N) is 2. The minimum absolute atomic E-state index is 0.311. The zero-order valence-corrected chi connectivity index (χ0v) is 15.8. The highest BCUT2D eigenvalue weighted by Crippen LogP contribution is 2.55. The Bertz CT molecular complexity index is 873. The van der Waals surface area contributed by atoms with Gasteiger partial charge in [0.15, 0.2) is 0 Å². The summed E-state index contributed by atoms with van der Waals surface area (Å²) in [5, 5.41) is 4.26. The van der Waals surface area contributed by atoms with Gasteiger partial charge in [0, 0.05) is 12.4 Å². The molecule has 0 N–H and O–H groups in total. The first-order chi connectivity index (χ1) is 13.1. The highest BCUT2D eigenvalue weighted by molar-refractivity contribution is 6.29. The number of ether oxygens (including phenoxy) is 1. The van der Waals surface area contributed by atoms with E-state index in [1.807, 2.05) is 79.9 Å². The van der Waals surface area contributed by atoms with Crippen LogP contribution in [0.15, 0.2) is 79.1 Å². The fraction of sp³-hybridized carbons (Fsp3) is 0.273. The number of hydrogen-bond acceptors (Lipinski definition) is 3. The maximum absolute atomic E-state index is 13.5. The Morgan fingerprint density at radius 1 is 1.04 bits per heavy atom. The van der Waals surface area contributed by atoms with E-state index < -0.39 is 16.4 Å². The largest absolute Gasteiger partial charge is 0.457 e. The summed E-state index contributed by atoms with van der Waals surface area (Å²) < 4.78 is 7.69. The third-order valence-corrected chi connectivity index (χ3v) is 6.32. The second kappa shape index (κ2) is 6.86. The molecule has 1 aromatic heterocycles. The van der Waals surface area contributed by atoms with Crippen LogP contribution in [0.5, 0.6) is 0 Å². The summed E-state index contributed by atoms with van der Waals surface area (Å²) in [5.74, 6) is -0.311. The zero-order chi connectivity index (χ0) is 18.9. The molecule has 0 bridgehead atoms. The molecule has 5 heteroatoms. The second-order valence-electron chi connectivity index (χ2n) is 6.82. The third kappa shape index (κ3) is 2.59. The predicted molar refractivity (Wildman–Crippen MR) is 105 cm³/mol. The Kier molecular flexibility index (Phi) is 4.52. The summed E-state index contributed by atoms with van der Waals surface area (Å²) in [6.07, 6.45) is 3.62. The third-order valence-electron chi connectivity index (χ3n) is 5.53. The molecule has 0 aliphatic carbocycles. The number of aromatic nitrogens is 2. The van der Waals surface area contributed by atoms with Gasteiger partial charge in [0.05, 0.1) is 6.54 Å². The number of rotatable bonds is 5. The van der Waals surface area contributed by atoms with Gasteiger partial charge in [-0.25, -0.2) is 0 Å². The lowest BCUT2D eigenvalue weighted by Gasteiger charge is -2.40. The molecule has 0 saturated carbocycles. The van der Waals surface area contributed by atoms with E-state index >= 15 is 0 Å². The average molecular weight is 381 g/mol. The van der Waals surface area contributed by atoms with Crippen LogP contribution in [0.25, 0.3) is 0 Å². The lowest BCUT2D eigenvalue weighted by Crippen LogP contribution is -2.53. The van der Waals surface area contributed by atoms with Crippen molar-refractivity contribution in [2.75, 3.05) is 0 Å². The summed E-state index contributed by atoms with van der Waals surface area (Å²) in [5.41, 5.74) is 0.617. The maximum atomic E-state index is 13.5. The van der Waals surface area contributed by atoms with Crippen molar-refractivity contribution < 1.29 is 9.53 Å². The minimum atomic E-state index is -1.08. The molecule has 2 heterocycles. The van der Waals surface area contributed by atoms with Gasteiger partial charge in [0.1, 0.15) is 16.4 Å². The van der Waals surface area contributed by atoms with Crippen molar-refractivity contribution in [3.8, 4) is 0 Å². The van der Waals surface area contributed by atoms with Gasteiger partial charge in [-0.2, -0.15) is 5.10 Å². The summed E-state index contributed by atoms with van der Waals surface area (Å²) >= 11 is 7.34. The molecule has 0 radical (unpaired) electrons. The lowest BCUT2D eigenvalue weighted by molar-refractivity contribution is -0.145. The van der Waals surface area contributed by atoms with E-state index in [0.717, 1.165) is 11.1 Å². The van der Waals surface area contributed by atoms with Gasteiger partial charge >= 0.3 is 5.97 Å². The monoisotopic (exact) mass is 380 g/mol. The first kappa shape index (κ1) is 17.8. The molecule has 0 amide bonds. The van der Waals surface area contributed by atoms with Crippen molar-refractivity contribution in [3.63, 3.8) is 0 Å². The number of halogens is 1. The van der Waals surface area contributed by atoms with Crippen LogP contribution in [0.1, 0.15) is 24.5 Å². The topological polar surface area (TPSA) is 44.1 Å². The quantitative estimate of drug-likeness (QED) is 0.492. The van der Waals surface area contributed by atoms with Gasteiger partial charge in [-0.05, 0) is 23.6 Å². The van der Waals surface area contributed by atoms with Crippen LogP contribution in [-0.4, -0.2) is 26.7 Å². The van der Waals surface area contributed by atoms with Crippen molar-refractivity contribution in [2.45, 2.75) is 36.3 Å². The van der Waals surface area contributed by atoms with Gasteiger partial charge in [-0.15, -0.1) is 11.6 Å². The van der Waals surface area contributed by atoms with E-state index in [0.29, 0.717) is 13.0 Å². The van der Waals surface area contributed by atoms with Crippen molar-refractivity contribution in [1.82, 2.24) is 9.78 Å². The van der Waals surface area contributed by atoms with Crippen molar-refractivity contribution in [3.05, 3.63) is 90.3 Å². The number of esters is 1. The average Bonchev–Trinajstić information content (AvgIpc) is 3.29. The molecular formula is C22H21ClN2O2. The number of carbonyl (C=O) groups excluding carboxylic acids is 1. The summed E-state index contributed by atoms with van der Waals surface area (Å²) in [6, 6.07) is 21.3. The van der Waals surface area contributed by atoms with Crippen LogP contribution in [0.3, 0.4) is 0 Å². The Labute approximate surface area is 163 Å². The number of carbonyl (C=O) groups is 1. The molecule has 2 atom stereocenters. The van der Waals surface area contributed by atoms with E-state index in [9.17, 15) is 4.79 Å². The summed E-state index contributed by atoms with van der Waals surface area (Å²) in [7, 11) is 0. The molecule has 2 unspecified atom stereocenters. The van der Waals surface area contributed by atoms with Crippen LogP contribution < -0.4 is 0 Å². The van der Waals surface area contributed by atoms with Crippen molar-refractivity contribution >= 4 is 17.6 Å². The molecule has 1 saturated heterocycles. The van der Waals surface area contributed by atoms with E-state index in [4.69, 9.17) is 16.3 Å². The van der Waals surface area contributed by atoms with Crippen LogP contribution in [0, 0.1) is 0 Å². The first-order valence-corrected chi connectivity index (χ1v) is 9.49. The van der Waals surface area contributed by atoms with Gasteiger partial charge < -0.3 is 4.74 Å². The molecule has 1 aliphatic heterocycles. The first-order valence-electron chi connectivity index (χ1n) is 9.11. The van der Waals surface area contributed by atoms with Gasteiger partial charge in [-0.3, -0.25) is 9.48 Å². The van der Waals surface area contributed by atoms with Gasteiger partial charge in [0.2, 0.25) is 0 Å². The van der Waals surface area contributed by atoms with Gasteiger partial charge in [0.25, 0.3) is 0 Å². The molecule has 2 aromatic carbocycles. The fourth-order valence-corrected chi connectivity index (χ4v) is 4.64. The van der Waals surface area contributed by atoms with E-state index in [2.05, 4.69) is 5.10 Å². The number of hydrogen-bond donors (Lipinski definition) is 0. The normalized spacial score (nSPS) is 23.9. The van der Waals surface area contributed by atoms with Crippen molar-refractivity contribution in [1.29, 1.82) is 0 Å². The van der Waals surface area contributed by atoms with Crippen LogP contribution in [0.2, 0.25) is 0 Å². The Hall–Kier alpha value is -2.59. The smallest absolute Gasteiger partial charge is 0.323 e.